The van der Waals surface area contributed by atoms with Crippen molar-refractivity contribution in [2.75, 3.05) is 0 Å². The van der Waals surface area contributed by atoms with Gasteiger partial charge >= 0.3 is 0 Å². The molecule has 100 valence electrons. The summed E-state index contributed by atoms with van der Waals surface area (Å²) < 4.78 is 27.6. The molecule has 20 heavy (non-hydrogen) atoms. The standard InChI is InChI=1S/C16H11F2NO/c1-9-14(10-5-3-2-4-6-10)19-15-12(18)8-7-11(17)13(15)16(9)20/h2-8H,1H3,(H,19,20). The van der Waals surface area contributed by atoms with Crippen molar-refractivity contribution in [1.29, 1.82) is 0 Å². The summed E-state index contributed by atoms with van der Waals surface area (Å²) in [7, 11) is 0. The quantitative estimate of drug-likeness (QED) is 0.717. The van der Waals surface area contributed by atoms with Gasteiger partial charge in [0, 0.05) is 5.56 Å². The average molecular weight is 271 g/mol. The molecule has 0 saturated heterocycles. The van der Waals surface area contributed by atoms with E-state index in [0.29, 0.717) is 11.3 Å². The molecule has 0 radical (unpaired) electrons. The summed E-state index contributed by atoms with van der Waals surface area (Å²) in [5.74, 6) is -1.36. The molecule has 0 fully saturated rings. The zero-order chi connectivity index (χ0) is 14.3. The molecule has 0 atom stereocenters. The molecule has 0 saturated carbocycles. The normalized spacial score (nSPS) is 10.9. The van der Waals surface area contributed by atoms with Crippen molar-refractivity contribution in [3.8, 4) is 11.3 Å². The van der Waals surface area contributed by atoms with E-state index in [9.17, 15) is 13.6 Å². The van der Waals surface area contributed by atoms with E-state index in [0.717, 1.165) is 17.7 Å². The fraction of sp³-hybridized carbons (Fsp3) is 0.0625. The summed E-state index contributed by atoms with van der Waals surface area (Å²) in [6.07, 6.45) is 0. The first-order valence-electron chi connectivity index (χ1n) is 6.15. The van der Waals surface area contributed by atoms with E-state index in [1.165, 1.54) is 0 Å². The van der Waals surface area contributed by atoms with Gasteiger partial charge in [0.2, 0.25) is 0 Å². The first kappa shape index (κ1) is 12.5. The number of aromatic amines is 1. The van der Waals surface area contributed by atoms with Crippen LogP contribution in [0.25, 0.3) is 22.2 Å². The number of nitrogens with one attached hydrogen (secondary N) is 1. The molecule has 1 aromatic heterocycles. The number of rotatable bonds is 1. The predicted molar refractivity (Wildman–Crippen MR) is 74.7 cm³/mol. The van der Waals surface area contributed by atoms with Crippen LogP contribution < -0.4 is 5.43 Å². The minimum Gasteiger partial charge on any atom is -0.352 e. The van der Waals surface area contributed by atoms with Gasteiger partial charge < -0.3 is 4.98 Å². The smallest absolute Gasteiger partial charge is 0.195 e. The highest BCUT2D eigenvalue weighted by Gasteiger charge is 2.15. The molecule has 2 aromatic carbocycles. The van der Waals surface area contributed by atoms with E-state index >= 15 is 0 Å². The molecule has 1 N–H and O–H groups in total. The maximum atomic E-state index is 13.8. The zero-order valence-electron chi connectivity index (χ0n) is 10.7. The monoisotopic (exact) mass is 271 g/mol. The molecule has 4 heteroatoms. The fourth-order valence-electron chi connectivity index (χ4n) is 2.31. The average Bonchev–Trinajstić information content (AvgIpc) is 2.47. The Morgan fingerprint density at radius 1 is 0.950 bits per heavy atom. The number of hydrogen-bond donors (Lipinski definition) is 1. The molecule has 1 heterocycles. The lowest BCUT2D eigenvalue weighted by Crippen LogP contribution is -2.12. The third-order valence-electron chi connectivity index (χ3n) is 3.36. The van der Waals surface area contributed by atoms with E-state index in [1.54, 1.807) is 19.1 Å². The van der Waals surface area contributed by atoms with E-state index in [-0.39, 0.29) is 10.9 Å². The summed E-state index contributed by atoms with van der Waals surface area (Å²) in [5.41, 5.74) is 1.04. The van der Waals surface area contributed by atoms with E-state index in [2.05, 4.69) is 4.98 Å². The second kappa shape index (κ2) is 4.56. The Labute approximate surface area is 113 Å². The van der Waals surface area contributed by atoms with Gasteiger partial charge in [-0.1, -0.05) is 30.3 Å². The van der Waals surface area contributed by atoms with Crippen molar-refractivity contribution in [3.63, 3.8) is 0 Å². The third-order valence-corrected chi connectivity index (χ3v) is 3.36. The molecule has 2 nitrogen and oxygen atoms in total. The predicted octanol–water partition coefficient (Wildman–Crippen LogP) is 3.78. The first-order valence-corrected chi connectivity index (χ1v) is 6.15. The topological polar surface area (TPSA) is 32.9 Å². The van der Waals surface area contributed by atoms with Crippen LogP contribution in [0, 0.1) is 18.6 Å². The molecule has 0 aliphatic rings. The molecular formula is C16H11F2NO. The summed E-state index contributed by atoms with van der Waals surface area (Å²) in [5, 5.41) is -0.234. The van der Waals surface area contributed by atoms with Gasteiger partial charge in [-0.15, -0.1) is 0 Å². The lowest BCUT2D eigenvalue weighted by Gasteiger charge is -2.09. The number of benzene rings is 2. The second-order valence-electron chi connectivity index (χ2n) is 4.60. The van der Waals surface area contributed by atoms with Gasteiger partial charge in [-0.05, 0) is 24.6 Å². The van der Waals surface area contributed by atoms with E-state index in [1.807, 2.05) is 18.2 Å². The Kier molecular flexibility index (Phi) is 2.86. The molecule has 3 rings (SSSR count). The number of halogens is 2. The highest BCUT2D eigenvalue weighted by molar-refractivity contribution is 5.84. The van der Waals surface area contributed by atoms with Crippen molar-refractivity contribution in [2.24, 2.45) is 0 Å². The third kappa shape index (κ3) is 1.81. The van der Waals surface area contributed by atoms with Crippen LogP contribution in [0.4, 0.5) is 8.78 Å². The second-order valence-corrected chi connectivity index (χ2v) is 4.60. The lowest BCUT2D eigenvalue weighted by molar-refractivity contribution is 0.614. The summed E-state index contributed by atoms with van der Waals surface area (Å²) in [6.45, 7) is 1.60. The van der Waals surface area contributed by atoms with Crippen LogP contribution in [0.1, 0.15) is 5.56 Å². The van der Waals surface area contributed by atoms with Crippen LogP contribution >= 0.6 is 0 Å². The zero-order valence-corrected chi connectivity index (χ0v) is 10.7. The number of aromatic nitrogens is 1. The largest absolute Gasteiger partial charge is 0.352 e. The number of pyridine rings is 1. The van der Waals surface area contributed by atoms with Gasteiger partial charge in [-0.25, -0.2) is 8.78 Å². The lowest BCUT2D eigenvalue weighted by atomic mass is 10.0. The van der Waals surface area contributed by atoms with Crippen LogP contribution in [0.2, 0.25) is 0 Å². The molecule has 3 aromatic rings. The van der Waals surface area contributed by atoms with Gasteiger partial charge in [0.05, 0.1) is 16.6 Å². The summed E-state index contributed by atoms with van der Waals surface area (Å²) >= 11 is 0. The Balaban J connectivity index is 2.46. The molecule has 0 unspecified atom stereocenters. The van der Waals surface area contributed by atoms with Crippen LogP contribution in [0.5, 0.6) is 0 Å². The molecule has 0 spiro atoms. The van der Waals surface area contributed by atoms with E-state index in [4.69, 9.17) is 0 Å². The van der Waals surface area contributed by atoms with E-state index < -0.39 is 17.1 Å². The molecule has 0 aliphatic heterocycles. The van der Waals surface area contributed by atoms with Gasteiger partial charge in [0.1, 0.15) is 11.6 Å². The van der Waals surface area contributed by atoms with Crippen molar-refractivity contribution in [1.82, 2.24) is 4.98 Å². The van der Waals surface area contributed by atoms with Crippen LogP contribution in [-0.4, -0.2) is 4.98 Å². The van der Waals surface area contributed by atoms with Crippen molar-refractivity contribution in [2.45, 2.75) is 6.92 Å². The Morgan fingerprint density at radius 3 is 2.30 bits per heavy atom. The Morgan fingerprint density at radius 2 is 1.60 bits per heavy atom. The molecule has 0 amide bonds. The Bertz CT molecular complexity index is 854. The highest BCUT2D eigenvalue weighted by Crippen LogP contribution is 2.24. The molecule has 0 bridgehead atoms. The summed E-state index contributed by atoms with van der Waals surface area (Å²) in [4.78, 5) is 15.1. The van der Waals surface area contributed by atoms with Crippen LogP contribution in [-0.2, 0) is 0 Å². The summed E-state index contributed by atoms with van der Waals surface area (Å²) in [6, 6.07) is 11.1. The number of hydrogen-bond acceptors (Lipinski definition) is 1. The maximum Gasteiger partial charge on any atom is 0.195 e. The molecule has 0 aliphatic carbocycles. The van der Waals surface area contributed by atoms with Crippen molar-refractivity contribution < 1.29 is 8.78 Å². The molecular weight excluding hydrogens is 260 g/mol. The number of fused-ring (bicyclic) bond motifs is 1. The fourth-order valence-corrected chi connectivity index (χ4v) is 2.31. The van der Waals surface area contributed by atoms with Gasteiger partial charge in [0.25, 0.3) is 0 Å². The minimum atomic E-state index is -0.717. The maximum absolute atomic E-state index is 13.8. The SMILES string of the molecule is Cc1c(-c2ccccc2)[nH]c2c(F)ccc(F)c2c1=O. The highest BCUT2D eigenvalue weighted by atomic mass is 19.1. The van der Waals surface area contributed by atoms with Gasteiger partial charge in [0.15, 0.2) is 5.43 Å². The Hall–Kier alpha value is -2.49. The van der Waals surface area contributed by atoms with Gasteiger partial charge in [-0.3, -0.25) is 4.79 Å². The number of H-pyrrole nitrogens is 1. The first-order chi connectivity index (χ1) is 9.59. The van der Waals surface area contributed by atoms with Crippen molar-refractivity contribution >= 4 is 10.9 Å². The minimum absolute atomic E-state index is 0.0977. The van der Waals surface area contributed by atoms with Crippen LogP contribution in [0.15, 0.2) is 47.3 Å². The van der Waals surface area contributed by atoms with Crippen molar-refractivity contribution in [3.05, 3.63) is 69.9 Å². The van der Waals surface area contributed by atoms with Gasteiger partial charge in [-0.2, -0.15) is 0 Å². The van der Waals surface area contributed by atoms with Crippen LogP contribution in [0.3, 0.4) is 0 Å².